The van der Waals surface area contributed by atoms with Crippen LogP contribution in [0.4, 0.5) is 9.18 Å². The van der Waals surface area contributed by atoms with Gasteiger partial charge in [-0.05, 0) is 66.8 Å². The molecule has 2 aromatic rings. The molecule has 1 aliphatic heterocycles. The predicted octanol–water partition coefficient (Wildman–Crippen LogP) is 5.78. The van der Waals surface area contributed by atoms with Gasteiger partial charge in [0.1, 0.15) is 10.8 Å². The lowest BCUT2D eigenvalue weighted by atomic mass is 10.1. The quantitative estimate of drug-likeness (QED) is 0.406. The number of carboxylic acid groups (broad SMARTS) is 1. The van der Waals surface area contributed by atoms with Crippen molar-refractivity contribution in [2.45, 2.75) is 26.2 Å². The molecule has 0 aliphatic carbocycles. The molecule has 0 saturated heterocycles. The minimum Gasteiger partial charge on any atom is -0.449 e. The van der Waals surface area contributed by atoms with E-state index in [1.165, 1.54) is 23.3 Å². The minimum atomic E-state index is -1.31. The summed E-state index contributed by atoms with van der Waals surface area (Å²) in [4.78, 5) is 13.3. The monoisotopic (exact) mass is 427 g/mol. The largest absolute Gasteiger partial charge is 0.511 e. The van der Waals surface area contributed by atoms with Gasteiger partial charge in [0.2, 0.25) is 0 Å². The Morgan fingerprint density at radius 3 is 2.67 bits per heavy atom. The molecule has 1 aliphatic rings. The second kappa shape index (κ2) is 10.9. The number of aryl methyl sites for hydroxylation is 2. The average molecular weight is 428 g/mol. The van der Waals surface area contributed by atoms with E-state index < -0.39 is 6.16 Å². The Bertz CT molecular complexity index is 924. The zero-order valence-corrected chi connectivity index (χ0v) is 17.8. The number of halogens is 1. The molecule has 4 nitrogen and oxygen atoms in total. The third-order valence-corrected chi connectivity index (χ3v) is 6.19. The third kappa shape index (κ3) is 6.39. The first-order valence-electron chi connectivity index (χ1n) is 10.0. The number of benzene rings is 2. The first-order valence-corrected chi connectivity index (χ1v) is 11.0. The van der Waals surface area contributed by atoms with E-state index in [4.69, 9.17) is 9.84 Å². The highest BCUT2D eigenvalue weighted by atomic mass is 32.2. The molecule has 2 aromatic carbocycles. The molecule has 0 bridgehead atoms. The van der Waals surface area contributed by atoms with Crippen molar-refractivity contribution in [3.8, 4) is 0 Å². The minimum absolute atomic E-state index is 0.230. The molecule has 30 heavy (non-hydrogen) atoms. The van der Waals surface area contributed by atoms with Crippen molar-refractivity contribution in [2.75, 3.05) is 18.8 Å². The van der Waals surface area contributed by atoms with Crippen molar-refractivity contribution < 1.29 is 19.0 Å². The highest BCUT2D eigenvalue weighted by molar-refractivity contribution is 8.03. The van der Waals surface area contributed by atoms with Crippen LogP contribution in [-0.4, -0.2) is 35.0 Å². The van der Waals surface area contributed by atoms with E-state index in [0.29, 0.717) is 5.76 Å². The summed E-state index contributed by atoms with van der Waals surface area (Å²) in [6, 6.07) is 14.9. The Hall–Kier alpha value is -2.73. The van der Waals surface area contributed by atoms with Crippen molar-refractivity contribution in [3.05, 3.63) is 94.0 Å². The summed E-state index contributed by atoms with van der Waals surface area (Å²) in [5.41, 5.74) is 3.63. The number of rotatable bonds is 9. The Kier molecular flexibility index (Phi) is 7.97. The van der Waals surface area contributed by atoms with Gasteiger partial charge < -0.3 is 14.7 Å². The molecule has 0 aromatic heterocycles. The van der Waals surface area contributed by atoms with Crippen molar-refractivity contribution >= 4 is 17.9 Å². The number of thioether (sulfide) groups is 1. The van der Waals surface area contributed by atoms with Gasteiger partial charge in [-0.1, -0.05) is 42.5 Å². The normalized spacial score (nSPS) is 13.6. The summed E-state index contributed by atoms with van der Waals surface area (Å²) >= 11 is 1.61. The Morgan fingerprint density at radius 1 is 1.17 bits per heavy atom. The van der Waals surface area contributed by atoms with Gasteiger partial charge in [0, 0.05) is 13.1 Å². The predicted molar refractivity (Wildman–Crippen MR) is 119 cm³/mol. The maximum absolute atomic E-state index is 13.0. The van der Waals surface area contributed by atoms with E-state index in [-0.39, 0.29) is 5.82 Å². The van der Waals surface area contributed by atoms with Crippen LogP contribution in [-0.2, 0) is 17.6 Å². The summed E-state index contributed by atoms with van der Waals surface area (Å²) in [5.74, 6) is 0.964. The smallest absolute Gasteiger partial charge is 0.449 e. The van der Waals surface area contributed by atoms with Crippen LogP contribution in [0.1, 0.15) is 23.1 Å². The molecule has 0 amide bonds. The highest BCUT2D eigenvalue weighted by Gasteiger charge is 2.20. The Labute approximate surface area is 181 Å². The molecule has 0 atom stereocenters. The molecule has 3 rings (SSSR count). The van der Waals surface area contributed by atoms with Crippen LogP contribution in [0.15, 0.2) is 71.5 Å². The molecule has 0 unspecified atom stereocenters. The summed E-state index contributed by atoms with van der Waals surface area (Å²) in [6.45, 7) is 3.60. The van der Waals surface area contributed by atoms with Gasteiger partial charge in [-0.15, -0.1) is 11.8 Å². The van der Waals surface area contributed by atoms with Crippen LogP contribution in [0.25, 0.3) is 0 Å². The molecule has 1 heterocycles. The second-order valence-electron chi connectivity index (χ2n) is 7.14. The van der Waals surface area contributed by atoms with Crippen LogP contribution < -0.4 is 0 Å². The molecule has 158 valence electrons. The van der Waals surface area contributed by atoms with Crippen molar-refractivity contribution in [3.63, 3.8) is 0 Å². The van der Waals surface area contributed by atoms with Crippen molar-refractivity contribution in [2.24, 2.45) is 0 Å². The molecule has 0 fully saturated rings. The molecular formula is C24H26FNO3S. The molecule has 1 N–H and O–H groups in total. The maximum atomic E-state index is 13.0. The van der Waals surface area contributed by atoms with E-state index in [1.807, 2.05) is 18.2 Å². The zero-order valence-electron chi connectivity index (χ0n) is 17.0. The van der Waals surface area contributed by atoms with Gasteiger partial charge in [-0.3, -0.25) is 0 Å². The molecular weight excluding hydrogens is 401 g/mol. The van der Waals surface area contributed by atoms with Crippen LogP contribution in [0.3, 0.4) is 0 Å². The van der Waals surface area contributed by atoms with E-state index in [1.54, 1.807) is 30.0 Å². The van der Waals surface area contributed by atoms with Crippen molar-refractivity contribution in [1.82, 2.24) is 4.90 Å². The standard InChI is InChI=1S/C24H26FNO3S/c1-18-6-2-3-8-20(18)14-16-26-15-4-9-22(29-24(27)28)23(26)30-17-5-7-19-10-12-21(25)13-11-19/h2-4,6,8-13H,5,7,14-17H2,1H3,(H,27,28). The van der Waals surface area contributed by atoms with Crippen LogP contribution >= 0.6 is 11.8 Å². The number of nitrogens with zero attached hydrogens (tertiary/aromatic N) is 1. The number of hydrogen-bond acceptors (Lipinski definition) is 4. The van der Waals surface area contributed by atoms with Crippen LogP contribution in [0, 0.1) is 12.7 Å². The van der Waals surface area contributed by atoms with Crippen LogP contribution in [0.5, 0.6) is 0 Å². The summed E-state index contributed by atoms with van der Waals surface area (Å²) in [6.07, 6.45) is 4.98. The molecule has 0 saturated carbocycles. The van der Waals surface area contributed by atoms with Crippen molar-refractivity contribution in [1.29, 1.82) is 0 Å². The van der Waals surface area contributed by atoms with Gasteiger partial charge in [-0.25, -0.2) is 9.18 Å². The summed E-state index contributed by atoms with van der Waals surface area (Å²) < 4.78 is 18.1. The fraction of sp³-hybridized carbons (Fsp3) is 0.292. The number of ether oxygens (including phenoxy) is 1. The second-order valence-corrected chi connectivity index (χ2v) is 8.22. The number of hydrogen-bond donors (Lipinski definition) is 1. The van der Waals surface area contributed by atoms with Gasteiger partial charge >= 0.3 is 6.16 Å². The van der Waals surface area contributed by atoms with Gasteiger partial charge in [0.15, 0.2) is 5.76 Å². The fourth-order valence-electron chi connectivity index (χ4n) is 3.37. The van der Waals surface area contributed by atoms with Gasteiger partial charge in [-0.2, -0.15) is 0 Å². The maximum Gasteiger partial charge on any atom is 0.511 e. The third-order valence-electron chi connectivity index (χ3n) is 4.96. The number of allylic oxidation sites excluding steroid dienone is 1. The van der Waals surface area contributed by atoms with E-state index >= 15 is 0 Å². The first-order chi connectivity index (χ1) is 14.5. The number of carbonyl (C=O) groups is 1. The molecule has 0 spiro atoms. The van der Waals surface area contributed by atoms with Gasteiger partial charge in [0.25, 0.3) is 0 Å². The van der Waals surface area contributed by atoms with Gasteiger partial charge in [0.05, 0.1) is 0 Å². The summed E-state index contributed by atoms with van der Waals surface area (Å²) in [7, 11) is 0. The average Bonchev–Trinajstić information content (AvgIpc) is 2.72. The Morgan fingerprint density at radius 2 is 1.93 bits per heavy atom. The topological polar surface area (TPSA) is 49.8 Å². The Balaban J connectivity index is 1.63. The molecule has 0 radical (unpaired) electrons. The summed E-state index contributed by atoms with van der Waals surface area (Å²) in [5, 5.41) is 9.96. The molecule has 6 heteroatoms. The fourth-order valence-corrected chi connectivity index (χ4v) is 4.45. The van der Waals surface area contributed by atoms with E-state index in [9.17, 15) is 9.18 Å². The lowest BCUT2D eigenvalue weighted by molar-refractivity contribution is 0.119. The SMILES string of the molecule is Cc1ccccc1CCN1CC=CC(OC(=O)O)=C1SCCCc1ccc(F)cc1. The lowest BCUT2D eigenvalue weighted by Crippen LogP contribution is -2.28. The first kappa shape index (κ1) is 22.0. The highest BCUT2D eigenvalue weighted by Crippen LogP contribution is 2.30. The van der Waals surface area contributed by atoms with E-state index in [2.05, 4.69) is 24.0 Å². The lowest BCUT2D eigenvalue weighted by Gasteiger charge is -2.29. The van der Waals surface area contributed by atoms with Crippen LogP contribution in [0.2, 0.25) is 0 Å². The zero-order chi connectivity index (χ0) is 21.3. The van der Waals surface area contributed by atoms with E-state index in [0.717, 1.165) is 48.7 Å².